The van der Waals surface area contributed by atoms with Crippen molar-refractivity contribution >= 4 is 0 Å². The zero-order chi connectivity index (χ0) is 17.6. The summed E-state index contributed by atoms with van der Waals surface area (Å²) in [5.74, 6) is 1.55. The van der Waals surface area contributed by atoms with Crippen LogP contribution in [0.2, 0.25) is 0 Å². The number of nitrogens with zero attached hydrogens (tertiary/aromatic N) is 1. The van der Waals surface area contributed by atoms with Gasteiger partial charge in [-0.2, -0.15) is 0 Å². The Morgan fingerprint density at radius 1 is 1.24 bits per heavy atom. The van der Waals surface area contributed by atoms with Crippen LogP contribution in [0.4, 0.5) is 0 Å². The van der Waals surface area contributed by atoms with Crippen molar-refractivity contribution < 1.29 is 18.9 Å². The van der Waals surface area contributed by atoms with Crippen LogP contribution in [0.5, 0.6) is 11.5 Å². The molecule has 2 bridgehead atoms. The highest BCUT2D eigenvalue weighted by Gasteiger charge is 2.42. The SMILES string of the molecule is C=CCO[C@@H]1[C@H]2CC[C@H]1OCCN2CCc1ccc(OC)c(OC)c1. The van der Waals surface area contributed by atoms with Crippen LogP contribution in [0.25, 0.3) is 0 Å². The maximum atomic E-state index is 6.03. The zero-order valence-electron chi connectivity index (χ0n) is 15.3. The van der Waals surface area contributed by atoms with Crippen LogP contribution in [0.1, 0.15) is 18.4 Å². The Labute approximate surface area is 150 Å². The van der Waals surface area contributed by atoms with Gasteiger partial charge in [0, 0.05) is 19.1 Å². The summed E-state index contributed by atoms with van der Waals surface area (Å²) in [5.41, 5.74) is 1.25. The molecule has 0 aromatic heterocycles. The molecule has 0 radical (unpaired) electrons. The maximum Gasteiger partial charge on any atom is 0.160 e. The monoisotopic (exact) mass is 347 g/mol. The summed E-state index contributed by atoms with van der Waals surface area (Å²) in [6.45, 7) is 7.08. The second-order valence-electron chi connectivity index (χ2n) is 6.62. The Hall–Kier alpha value is -1.56. The molecule has 3 atom stereocenters. The van der Waals surface area contributed by atoms with Crippen LogP contribution < -0.4 is 9.47 Å². The summed E-state index contributed by atoms with van der Waals surface area (Å²) in [5, 5.41) is 0. The molecule has 1 aromatic carbocycles. The number of ether oxygens (including phenoxy) is 4. The van der Waals surface area contributed by atoms with Crippen LogP contribution in [0.15, 0.2) is 30.9 Å². The number of hydrogen-bond acceptors (Lipinski definition) is 5. The molecule has 3 rings (SSSR count). The largest absolute Gasteiger partial charge is 0.493 e. The second-order valence-corrected chi connectivity index (χ2v) is 6.62. The van der Waals surface area contributed by atoms with Crippen molar-refractivity contribution in [1.29, 1.82) is 0 Å². The number of rotatable bonds is 8. The topological polar surface area (TPSA) is 40.2 Å². The first kappa shape index (κ1) is 18.2. The smallest absolute Gasteiger partial charge is 0.160 e. The minimum Gasteiger partial charge on any atom is -0.493 e. The lowest BCUT2D eigenvalue weighted by molar-refractivity contribution is -0.0443. The van der Waals surface area contributed by atoms with E-state index in [1.54, 1.807) is 14.2 Å². The third kappa shape index (κ3) is 4.17. The lowest BCUT2D eigenvalue weighted by Crippen LogP contribution is -2.44. The highest BCUT2D eigenvalue weighted by molar-refractivity contribution is 5.42. The van der Waals surface area contributed by atoms with Gasteiger partial charge in [-0.15, -0.1) is 6.58 Å². The molecule has 0 amide bonds. The van der Waals surface area contributed by atoms with E-state index in [0.29, 0.717) is 12.6 Å². The zero-order valence-corrected chi connectivity index (χ0v) is 15.3. The van der Waals surface area contributed by atoms with Crippen LogP contribution in [0.3, 0.4) is 0 Å². The predicted molar refractivity (Wildman–Crippen MR) is 97.5 cm³/mol. The normalized spacial score (nSPS) is 26.2. The highest BCUT2D eigenvalue weighted by Crippen LogP contribution is 2.32. The molecule has 1 aromatic rings. The number of benzene rings is 1. The molecule has 138 valence electrons. The molecule has 1 heterocycles. The Bertz CT molecular complexity index is 577. The molecule has 1 aliphatic carbocycles. The van der Waals surface area contributed by atoms with Crippen LogP contribution in [0, 0.1) is 0 Å². The Kier molecular flexibility index (Phi) is 6.34. The first-order chi connectivity index (χ1) is 12.3. The highest BCUT2D eigenvalue weighted by atomic mass is 16.5. The van der Waals surface area contributed by atoms with E-state index in [2.05, 4.69) is 23.6 Å². The third-order valence-corrected chi connectivity index (χ3v) is 5.21. The summed E-state index contributed by atoms with van der Waals surface area (Å²) in [6, 6.07) is 6.59. The summed E-state index contributed by atoms with van der Waals surface area (Å²) < 4.78 is 22.8. The van der Waals surface area contributed by atoms with Gasteiger partial charge >= 0.3 is 0 Å². The molecular weight excluding hydrogens is 318 g/mol. The quantitative estimate of drug-likeness (QED) is 0.676. The predicted octanol–water partition coefficient (Wildman–Crippen LogP) is 2.68. The lowest BCUT2D eigenvalue weighted by atomic mass is 10.1. The molecule has 0 N–H and O–H groups in total. The summed E-state index contributed by atoms with van der Waals surface area (Å²) in [4.78, 5) is 2.53. The lowest BCUT2D eigenvalue weighted by Gasteiger charge is -2.31. The Balaban J connectivity index is 1.64. The van der Waals surface area contributed by atoms with E-state index < -0.39 is 0 Å². The second kappa shape index (κ2) is 8.70. The van der Waals surface area contributed by atoms with Crippen molar-refractivity contribution in [3.63, 3.8) is 0 Å². The summed E-state index contributed by atoms with van der Waals surface area (Å²) >= 11 is 0. The summed E-state index contributed by atoms with van der Waals surface area (Å²) in [6.07, 6.45) is 5.40. The molecule has 25 heavy (non-hydrogen) atoms. The van der Waals surface area contributed by atoms with Gasteiger partial charge in [-0.1, -0.05) is 12.1 Å². The van der Waals surface area contributed by atoms with Gasteiger partial charge < -0.3 is 18.9 Å². The number of methoxy groups -OCH3 is 2. The van der Waals surface area contributed by atoms with Crippen molar-refractivity contribution in [2.75, 3.05) is 40.5 Å². The molecule has 1 saturated carbocycles. The molecule has 1 saturated heterocycles. The maximum absolute atomic E-state index is 6.03. The molecular formula is C20H29NO4. The van der Waals surface area contributed by atoms with Crippen molar-refractivity contribution in [3.05, 3.63) is 36.4 Å². The summed E-state index contributed by atoms with van der Waals surface area (Å²) in [7, 11) is 3.34. The van der Waals surface area contributed by atoms with E-state index in [-0.39, 0.29) is 12.2 Å². The average Bonchev–Trinajstić information content (AvgIpc) is 2.95. The van der Waals surface area contributed by atoms with Gasteiger partial charge in [0.2, 0.25) is 0 Å². The standard InChI is InChI=1S/C20H29NO4/c1-4-12-25-20-16-6-8-18(20)24-13-11-21(16)10-9-15-5-7-17(22-2)19(14-15)23-3/h4-5,7,14,16,18,20H,1,6,8-13H2,2-3H3/t16-,18-,20-/m1/s1. The van der Waals surface area contributed by atoms with E-state index in [4.69, 9.17) is 18.9 Å². The first-order valence-corrected chi connectivity index (χ1v) is 9.06. The van der Waals surface area contributed by atoms with Crippen molar-refractivity contribution in [2.45, 2.75) is 37.5 Å². The van der Waals surface area contributed by atoms with Gasteiger partial charge in [-0.05, 0) is 37.0 Å². The minimum atomic E-state index is 0.158. The van der Waals surface area contributed by atoms with Gasteiger partial charge in [-0.25, -0.2) is 0 Å². The fourth-order valence-electron chi connectivity index (χ4n) is 3.95. The van der Waals surface area contributed by atoms with Gasteiger partial charge in [0.05, 0.1) is 39.6 Å². The molecule has 5 nitrogen and oxygen atoms in total. The number of fused-ring (bicyclic) bond motifs is 2. The van der Waals surface area contributed by atoms with E-state index in [9.17, 15) is 0 Å². The molecule has 0 spiro atoms. The number of hydrogen-bond donors (Lipinski definition) is 0. The van der Waals surface area contributed by atoms with Gasteiger partial charge in [-0.3, -0.25) is 4.90 Å². The third-order valence-electron chi connectivity index (χ3n) is 5.21. The van der Waals surface area contributed by atoms with Crippen molar-refractivity contribution in [1.82, 2.24) is 4.90 Å². The van der Waals surface area contributed by atoms with Crippen LogP contribution >= 0.6 is 0 Å². The van der Waals surface area contributed by atoms with E-state index in [1.165, 1.54) is 5.56 Å². The van der Waals surface area contributed by atoms with Crippen LogP contribution in [-0.2, 0) is 15.9 Å². The average molecular weight is 347 g/mol. The van der Waals surface area contributed by atoms with Crippen molar-refractivity contribution in [3.8, 4) is 11.5 Å². The van der Waals surface area contributed by atoms with Crippen LogP contribution in [-0.4, -0.2) is 63.7 Å². The van der Waals surface area contributed by atoms with Gasteiger partial charge in [0.25, 0.3) is 0 Å². The Morgan fingerprint density at radius 3 is 2.84 bits per heavy atom. The first-order valence-electron chi connectivity index (χ1n) is 9.06. The van der Waals surface area contributed by atoms with E-state index in [1.807, 2.05) is 12.1 Å². The minimum absolute atomic E-state index is 0.158. The molecule has 1 aliphatic heterocycles. The molecule has 5 heteroatoms. The van der Waals surface area contributed by atoms with Gasteiger partial charge in [0.15, 0.2) is 11.5 Å². The molecule has 0 unspecified atom stereocenters. The fourth-order valence-corrected chi connectivity index (χ4v) is 3.95. The van der Waals surface area contributed by atoms with Crippen molar-refractivity contribution in [2.24, 2.45) is 0 Å². The Morgan fingerprint density at radius 2 is 2.08 bits per heavy atom. The molecule has 2 aliphatic rings. The fraction of sp³-hybridized carbons (Fsp3) is 0.600. The van der Waals surface area contributed by atoms with Gasteiger partial charge in [0.1, 0.15) is 0 Å². The van der Waals surface area contributed by atoms with E-state index in [0.717, 1.165) is 50.5 Å². The molecule has 2 fully saturated rings. The van der Waals surface area contributed by atoms with E-state index >= 15 is 0 Å².